The van der Waals surface area contributed by atoms with Crippen LogP contribution >= 0.6 is 0 Å². The molecule has 4 rings (SSSR count). The van der Waals surface area contributed by atoms with Gasteiger partial charge in [-0.05, 0) is 48.5 Å². The van der Waals surface area contributed by atoms with Crippen LogP contribution in [0.25, 0.3) is 0 Å². The fourth-order valence-electron chi connectivity index (χ4n) is 4.12. The molecule has 156 valence electrons. The third-order valence-electron chi connectivity index (χ3n) is 5.76. The third kappa shape index (κ3) is 3.68. The first-order valence-corrected chi connectivity index (χ1v) is 11.1. The van der Waals surface area contributed by atoms with Crippen molar-refractivity contribution in [3.05, 3.63) is 48.5 Å². The van der Waals surface area contributed by atoms with E-state index in [0.717, 1.165) is 18.0 Å². The number of hydrogen-bond acceptors (Lipinski definition) is 6. The Kier molecular flexibility index (Phi) is 5.42. The lowest BCUT2D eigenvalue weighted by molar-refractivity contribution is -0.0293. The van der Waals surface area contributed by atoms with Crippen LogP contribution in [0, 0.1) is 0 Å². The lowest BCUT2D eigenvalue weighted by Gasteiger charge is -2.44. The Morgan fingerprint density at radius 2 is 1.41 bits per heavy atom. The molecule has 2 aromatic carbocycles. The van der Waals surface area contributed by atoms with E-state index in [4.69, 9.17) is 14.2 Å². The number of benzene rings is 2. The fraction of sp³-hybridized carbons (Fsp3) is 0.429. The maximum absolute atomic E-state index is 13.0. The molecule has 0 saturated carbocycles. The Hall–Kier alpha value is -2.29. The minimum Gasteiger partial charge on any atom is -0.497 e. The smallest absolute Gasteiger partial charge is 0.243 e. The normalized spacial score (nSPS) is 19.4. The van der Waals surface area contributed by atoms with Crippen LogP contribution in [-0.2, 0) is 14.8 Å². The van der Waals surface area contributed by atoms with Crippen LogP contribution in [0.2, 0.25) is 0 Å². The first-order valence-electron chi connectivity index (χ1n) is 9.68. The first kappa shape index (κ1) is 20.0. The molecule has 0 aliphatic carbocycles. The third-order valence-corrected chi connectivity index (χ3v) is 7.68. The van der Waals surface area contributed by atoms with Crippen LogP contribution < -0.4 is 14.4 Å². The summed E-state index contributed by atoms with van der Waals surface area (Å²) in [6, 6.07) is 14.4. The van der Waals surface area contributed by atoms with E-state index in [9.17, 15) is 8.42 Å². The van der Waals surface area contributed by atoms with Gasteiger partial charge in [0.25, 0.3) is 0 Å². The zero-order chi connectivity index (χ0) is 20.5. The zero-order valence-corrected chi connectivity index (χ0v) is 17.5. The van der Waals surface area contributed by atoms with E-state index in [1.807, 2.05) is 24.3 Å². The average molecular weight is 419 g/mol. The summed E-state index contributed by atoms with van der Waals surface area (Å²) in [5, 5.41) is 0. The molecule has 29 heavy (non-hydrogen) atoms. The molecule has 1 spiro atoms. The van der Waals surface area contributed by atoms with Crippen LogP contribution in [-0.4, -0.2) is 58.9 Å². The highest BCUT2D eigenvalue weighted by molar-refractivity contribution is 7.89. The second-order valence-electron chi connectivity index (χ2n) is 7.22. The molecule has 0 N–H and O–H groups in total. The summed E-state index contributed by atoms with van der Waals surface area (Å²) in [5.41, 5.74) is 0.607. The molecular weight excluding hydrogens is 392 g/mol. The number of rotatable bonds is 5. The van der Waals surface area contributed by atoms with E-state index in [1.54, 1.807) is 42.8 Å². The van der Waals surface area contributed by atoms with Crippen LogP contribution in [0.4, 0.5) is 5.69 Å². The molecule has 2 heterocycles. The summed E-state index contributed by atoms with van der Waals surface area (Å²) in [7, 11) is -0.331. The standard InChI is InChI=1S/C21H26N2O5S/c1-26-18-5-3-17(4-6-18)23-15-16-28-21(23)11-13-22(14-12-21)29(24,25)20-9-7-19(27-2)8-10-20/h3-10H,11-16H2,1-2H3. The number of piperidine rings is 1. The van der Waals surface area contributed by atoms with Gasteiger partial charge in [-0.1, -0.05) is 0 Å². The molecule has 2 fully saturated rings. The monoisotopic (exact) mass is 418 g/mol. The second-order valence-corrected chi connectivity index (χ2v) is 9.16. The topological polar surface area (TPSA) is 68.3 Å². The van der Waals surface area contributed by atoms with E-state index >= 15 is 0 Å². The van der Waals surface area contributed by atoms with Crippen molar-refractivity contribution in [2.24, 2.45) is 0 Å². The summed E-state index contributed by atoms with van der Waals surface area (Å²) in [6.45, 7) is 2.26. The van der Waals surface area contributed by atoms with Gasteiger partial charge in [0.15, 0.2) is 0 Å². The average Bonchev–Trinajstić information content (AvgIpc) is 3.17. The quantitative estimate of drug-likeness (QED) is 0.744. The summed E-state index contributed by atoms with van der Waals surface area (Å²) in [5.74, 6) is 1.44. The van der Waals surface area contributed by atoms with Gasteiger partial charge in [-0.2, -0.15) is 4.31 Å². The first-order chi connectivity index (χ1) is 14.0. The Bertz CT molecular complexity index is 936. The molecule has 0 atom stereocenters. The van der Waals surface area contributed by atoms with Crippen molar-refractivity contribution >= 4 is 15.7 Å². The van der Waals surface area contributed by atoms with Crippen LogP contribution in [0.5, 0.6) is 11.5 Å². The highest BCUT2D eigenvalue weighted by Crippen LogP contribution is 2.39. The number of ether oxygens (including phenoxy) is 3. The molecule has 7 nitrogen and oxygen atoms in total. The van der Waals surface area contributed by atoms with Gasteiger partial charge >= 0.3 is 0 Å². The molecule has 0 amide bonds. The Morgan fingerprint density at radius 3 is 1.97 bits per heavy atom. The summed E-state index contributed by atoms with van der Waals surface area (Å²) in [4.78, 5) is 2.54. The van der Waals surface area contributed by atoms with Gasteiger partial charge in [0.05, 0.1) is 25.7 Å². The molecule has 8 heteroatoms. The molecular formula is C21H26N2O5S. The number of anilines is 1. The van der Waals surface area contributed by atoms with Crippen LogP contribution in [0.15, 0.2) is 53.4 Å². The second kappa shape index (κ2) is 7.85. The maximum atomic E-state index is 13.0. The predicted molar refractivity (Wildman–Crippen MR) is 110 cm³/mol. The number of methoxy groups -OCH3 is 2. The van der Waals surface area contributed by atoms with Gasteiger partial charge in [-0.25, -0.2) is 8.42 Å². The van der Waals surface area contributed by atoms with Gasteiger partial charge in [-0.15, -0.1) is 0 Å². The highest BCUT2D eigenvalue weighted by Gasteiger charge is 2.46. The van der Waals surface area contributed by atoms with Gasteiger partial charge in [0, 0.05) is 38.2 Å². The van der Waals surface area contributed by atoms with Gasteiger partial charge < -0.3 is 19.1 Å². The van der Waals surface area contributed by atoms with Crippen molar-refractivity contribution < 1.29 is 22.6 Å². The predicted octanol–water partition coefficient (Wildman–Crippen LogP) is 2.72. The van der Waals surface area contributed by atoms with E-state index in [0.29, 0.717) is 38.3 Å². The number of hydrogen-bond donors (Lipinski definition) is 0. The number of nitrogens with zero attached hydrogens (tertiary/aromatic N) is 2. The van der Waals surface area contributed by atoms with Crippen LogP contribution in [0.1, 0.15) is 12.8 Å². The van der Waals surface area contributed by atoms with Crippen molar-refractivity contribution in [2.75, 3.05) is 45.4 Å². The van der Waals surface area contributed by atoms with Crippen molar-refractivity contribution in [2.45, 2.75) is 23.5 Å². The minimum atomic E-state index is -3.54. The molecule has 0 bridgehead atoms. The molecule has 2 saturated heterocycles. The maximum Gasteiger partial charge on any atom is 0.243 e. The minimum absolute atomic E-state index is 0.286. The zero-order valence-electron chi connectivity index (χ0n) is 16.7. The lowest BCUT2D eigenvalue weighted by Crippen LogP contribution is -2.54. The van der Waals surface area contributed by atoms with E-state index in [2.05, 4.69) is 4.90 Å². The highest BCUT2D eigenvalue weighted by atomic mass is 32.2. The number of sulfonamides is 1. The van der Waals surface area contributed by atoms with Crippen LogP contribution in [0.3, 0.4) is 0 Å². The van der Waals surface area contributed by atoms with E-state index in [1.165, 1.54) is 0 Å². The van der Waals surface area contributed by atoms with Crippen molar-refractivity contribution in [3.63, 3.8) is 0 Å². The molecule has 0 unspecified atom stereocenters. The molecule has 2 aliphatic rings. The fourth-order valence-corrected chi connectivity index (χ4v) is 5.56. The lowest BCUT2D eigenvalue weighted by atomic mass is 9.99. The van der Waals surface area contributed by atoms with Crippen molar-refractivity contribution in [1.82, 2.24) is 4.31 Å². The largest absolute Gasteiger partial charge is 0.497 e. The van der Waals surface area contributed by atoms with Gasteiger partial charge in [0.1, 0.15) is 17.2 Å². The SMILES string of the molecule is COc1ccc(N2CCOC23CCN(S(=O)(=O)c2ccc(OC)cc2)CC3)cc1. The van der Waals surface area contributed by atoms with Gasteiger partial charge in [0.2, 0.25) is 10.0 Å². The summed E-state index contributed by atoms with van der Waals surface area (Å²) >= 11 is 0. The van der Waals surface area contributed by atoms with Crippen molar-refractivity contribution in [1.29, 1.82) is 0 Å². The van der Waals surface area contributed by atoms with Gasteiger partial charge in [-0.3, -0.25) is 0 Å². The molecule has 0 aromatic heterocycles. The molecule has 2 aromatic rings. The molecule has 0 radical (unpaired) electrons. The summed E-state index contributed by atoms with van der Waals surface area (Å²) < 4.78 is 44.1. The summed E-state index contributed by atoms with van der Waals surface area (Å²) in [6.07, 6.45) is 1.24. The Morgan fingerprint density at radius 1 is 0.862 bits per heavy atom. The van der Waals surface area contributed by atoms with Crippen molar-refractivity contribution in [3.8, 4) is 11.5 Å². The Labute approximate surface area is 171 Å². The Balaban J connectivity index is 1.49. The molecule has 2 aliphatic heterocycles. The van der Waals surface area contributed by atoms with E-state index in [-0.39, 0.29) is 4.90 Å². The van der Waals surface area contributed by atoms with E-state index < -0.39 is 15.7 Å².